The van der Waals surface area contributed by atoms with Gasteiger partial charge < -0.3 is 0 Å². The Kier molecular flexibility index (Phi) is 5.17. The number of Topliss-reactive ketones (excluding diaryl/α,β-unsaturated/α-hetero) is 1. The fourth-order valence-electron chi connectivity index (χ4n) is 6.25. The number of imide groups is 1. The molecule has 7 rings (SSSR count). The number of likely N-dealkylation sites (tertiary alicyclic amines) is 1. The third kappa shape index (κ3) is 3.46. The number of benzene rings is 2. The Bertz CT molecular complexity index is 1280. The van der Waals surface area contributed by atoms with Gasteiger partial charge in [-0.3, -0.25) is 29.0 Å². The Labute approximate surface area is 212 Å². The van der Waals surface area contributed by atoms with E-state index in [-0.39, 0.29) is 58.5 Å². The zero-order valence-electron chi connectivity index (χ0n) is 18.9. The van der Waals surface area contributed by atoms with Gasteiger partial charge in [0.2, 0.25) is 11.8 Å². The molecule has 0 radical (unpaired) electrons. The van der Waals surface area contributed by atoms with Gasteiger partial charge in [0.25, 0.3) is 5.91 Å². The summed E-state index contributed by atoms with van der Waals surface area (Å²) in [4.78, 5) is 55.1. The molecular formula is C27H22Cl2N2O4. The SMILES string of the molecule is CC(=O)c1ccc(N(CN2C(=O)C3C4C=CC(C5CC45)C3C2=O)C(=O)c2ccc(Cl)cc2Cl)cc1. The zero-order valence-corrected chi connectivity index (χ0v) is 20.4. The molecule has 6 unspecified atom stereocenters. The third-order valence-electron chi connectivity index (χ3n) is 8.03. The average molecular weight is 509 g/mol. The number of rotatable bonds is 5. The maximum Gasteiger partial charge on any atom is 0.261 e. The van der Waals surface area contributed by atoms with E-state index < -0.39 is 5.91 Å². The molecule has 5 aliphatic rings. The van der Waals surface area contributed by atoms with Gasteiger partial charge in [0.15, 0.2) is 5.78 Å². The highest BCUT2D eigenvalue weighted by molar-refractivity contribution is 6.37. The van der Waals surface area contributed by atoms with Crippen molar-refractivity contribution in [2.24, 2.45) is 35.5 Å². The van der Waals surface area contributed by atoms with Gasteiger partial charge in [-0.2, -0.15) is 0 Å². The van der Waals surface area contributed by atoms with Gasteiger partial charge in [-0.25, -0.2) is 0 Å². The number of nitrogens with zero attached hydrogens (tertiary/aromatic N) is 2. The van der Waals surface area contributed by atoms with Gasteiger partial charge in [-0.05, 0) is 79.5 Å². The molecule has 6 nitrogen and oxygen atoms in total. The molecule has 8 heteroatoms. The Balaban J connectivity index is 1.35. The summed E-state index contributed by atoms with van der Waals surface area (Å²) in [7, 11) is 0. The molecule has 3 fully saturated rings. The minimum atomic E-state index is -0.471. The zero-order chi connectivity index (χ0) is 24.6. The van der Waals surface area contributed by atoms with Crippen molar-refractivity contribution in [1.29, 1.82) is 0 Å². The predicted molar refractivity (Wildman–Crippen MR) is 131 cm³/mol. The second kappa shape index (κ2) is 8.04. The largest absolute Gasteiger partial charge is 0.295 e. The van der Waals surface area contributed by atoms with Crippen LogP contribution in [0.1, 0.15) is 34.1 Å². The van der Waals surface area contributed by atoms with E-state index in [1.54, 1.807) is 30.3 Å². The van der Waals surface area contributed by atoms with Gasteiger partial charge in [0.1, 0.15) is 6.67 Å². The van der Waals surface area contributed by atoms with E-state index in [0.717, 1.165) is 6.42 Å². The van der Waals surface area contributed by atoms with E-state index >= 15 is 0 Å². The molecule has 2 aromatic carbocycles. The van der Waals surface area contributed by atoms with Crippen LogP contribution in [0.5, 0.6) is 0 Å². The molecule has 1 heterocycles. The normalized spacial score (nSPS) is 29.7. The molecule has 0 spiro atoms. The third-order valence-corrected chi connectivity index (χ3v) is 8.58. The van der Waals surface area contributed by atoms with Crippen LogP contribution in [0.3, 0.4) is 0 Å². The van der Waals surface area contributed by atoms with Gasteiger partial charge >= 0.3 is 0 Å². The molecule has 3 amide bonds. The van der Waals surface area contributed by atoms with Gasteiger partial charge in [-0.15, -0.1) is 0 Å². The highest BCUT2D eigenvalue weighted by Crippen LogP contribution is 2.65. The Morgan fingerprint density at radius 3 is 2.09 bits per heavy atom. The quantitative estimate of drug-likeness (QED) is 0.328. The average Bonchev–Trinajstić information content (AvgIpc) is 3.62. The molecule has 6 atom stereocenters. The van der Waals surface area contributed by atoms with Crippen molar-refractivity contribution in [3.63, 3.8) is 0 Å². The van der Waals surface area contributed by atoms with E-state index in [9.17, 15) is 19.2 Å². The van der Waals surface area contributed by atoms with E-state index in [2.05, 4.69) is 12.2 Å². The Hall–Kier alpha value is -2.96. The summed E-state index contributed by atoms with van der Waals surface area (Å²) in [6, 6.07) is 11.1. The summed E-state index contributed by atoms with van der Waals surface area (Å²) in [5.74, 6) is -0.528. The lowest BCUT2D eigenvalue weighted by Gasteiger charge is -2.37. The van der Waals surface area contributed by atoms with Crippen LogP contribution >= 0.6 is 23.2 Å². The van der Waals surface area contributed by atoms with Crippen molar-refractivity contribution in [3.05, 3.63) is 75.8 Å². The number of hydrogen-bond acceptors (Lipinski definition) is 4. The second-order valence-corrected chi connectivity index (χ2v) is 10.7. The maximum absolute atomic E-state index is 13.7. The summed E-state index contributed by atoms with van der Waals surface area (Å²) in [6.07, 6.45) is 5.31. The molecule has 1 saturated heterocycles. The molecule has 1 aliphatic heterocycles. The van der Waals surface area contributed by atoms with E-state index in [4.69, 9.17) is 23.2 Å². The first-order valence-electron chi connectivity index (χ1n) is 11.7. The van der Waals surface area contributed by atoms with E-state index in [0.29, 0.717) is 28.1 Å². The minimum absolute atomic E-state index is 0.0983. The van der Waals surface area contributed by atoms with Gasteiger partial charge in [0.05, 0.1) is 22.4 Å². The number of carbonyl (C=O) groups excluding carboxylic acids is 4. The Morgan fingerprint density at radius 1 is 0.943 bits per heavy atom. The molecule has 178 valence electrons. The van der Waals surface area contributed by atoms with Crippen LogP contribution in [0.25, 0.3) is 0 Å². The van der Waals surface area contributed by atoms with Crippen LogP contribution in [0.2, 0.25) is 10.0 Å². The number of carbonyl (C=O) groups is 4. The smallest absolute Gasteiger partial charge is 0.261 e. The summed E-state index contributed by atoms with van der Waals surface area (Å²) >= 11 is 12.3. The van der Waals surface area contributed by atoms with Gasteiger partial charge in [0, 0.05) is 16.3 Å². The van der Waals surface area contributed by atoms with Crippen LogP contribution in [0.15, 0.2) is 54.6 Å². The number of amides is 3. The topological polar surface area (TPSA) is 74.8 Å². The molecular weight excluding hydrogens is 487 g/mol. The lowest BCUT2D eigenvalue weighted by molar-refractivity contribution is -0.140. The number of allylic oxidation sites excluding steroid dienone is 2. The lowest BCUT2D eigenvalue weighted by atomic mass is 9.63. The standard InChI is InChI=1S/C27H22Cl2N2O4/c1-13(32)14-2-5-16(6-3-14)30(25(33)19-7-4-15(28)10-22(19)29)12-31-26(34)23-17-8-9-18(21-11-20(17)21)24(23)27(31)35/h2-10,17-18,20-21,23-24H,11-12H2,1H3. The van der Waals surface area contributed by atoms with E-state index in [1.807, 2.05) is 0 Å². The van der Waals surface area contributed by atoms with Gasteiger partial charge in [-0.1, -0.05) is 35.4 Å². The first-order valence-corrected chi connectivity index (χ1v) is 12.4. The number of halogens is 2. The van der Waals surface area contributed by atoms with Crippen molar-refractivity contribution >= 4 is 52.4 Å². The van der Waals surface area contributed by atoms with E-state index in [1.165, 1.54) is 28.9 Å². The Morgan fingerprint density at radius 2 is 1.54 bits per heavy atom. The number of ketones is 1. The summed E-state index contributed by atoms with van der Waals surface area (Å²) in [5, 5.41) is 0.558. The van der Waals surface area contributed by atoms with Crippen molar-refractivity contribution in [3.8, 4) is 0 Å². The number of anilines is 1. The van der Waals surface area contributed by atoms with Crippen LogP contribution in [-0.4, -0.2) is 35.1 Å². The first-order chi connectivity index (χ1) is 16.8. The number of hydrogen-bond donors (Lipinski definition) is 0. The summed E-state index contributed by atoms with van der Waals surface area (Å²) in [6.45, 7) is 1.23. The van der Waals surface area contributed by atoms with Crippen molar-refractivity contribution in [2.45, 2.75) is 13.3 Å². The van der Waals surface area contributed by atoms with Crippen LogP contribution < -0.4 is 4.90 Å². The summed E-state index contributed by atoms with van der Waals surface area (Å²) in [5.41, 5.74) is 1.14. The highest BCUT2D eigenvalue weighted by atomic mass is 35.5. The summed E-state index contributed by atoms with van der Waals surface area (Å²) < 4.78 is 0. The molecule has 0 aromatic heterocycles. The monoisotopic (exact) mass is 508 g/mol. The van der Waals surface area contributed by atoms with Crippen LogP contribution in [0.4, 0.5) is 5.69 Å². The predicted octanol–water partition coefficient (Wildman–Crippen LogP) is 4.85. The molecule has 2 bridgehead atoms. The fourth-order valence-corrected chi connectivity index (χ4v) is 6.74. The minimum Gasteiger partial charge on any atom is -0.295 e. The molecule has 2 aromatic rings. The fraction of sp³-hybridized carbons (Fsp3) is 0.333. The van der Waals surface area contributed by atoms with Crippen molar-refractivity contribution < 1.29 is 19.2 Å². The molecule has 35 heavy (non-hydrogen) atoms. The van der Waals surface area contributed by atoms with Crippen LogP contribution in [-0.2, 0) is 9.59 Å². The maximum atomic E-state index is 13.7. The molecule has 0 N–H and O–H groups in total. The van der Waals surface area contributed by atoms with Crippen molar-refractivity contribution in [1.82, 2.24) is 4.90 Å². The highest BCUT2D eigenvalue weighted by Gasteiger charge is 2.67. The van der Waals surface area contributed by atoms with Crippen LogP contribution in [0, 0.1) is 35.5 Å². The lowest BCUT2D eigenvalue weighted by Crippen LogP contribution is -2.45. The second-order valence-electron chi connectivity index (χ2n) is 9.86. The van der Waals surface area contributed by atoms with Crippen molar-refractivity contribution in [2.75, 3.05) is 11.6 Å². The molecule has 4 aliphatic carbocycles. The molecule has 2 saturated carbocycles. The first kappa shape index (κ1) is 22.5.